The maximum absolute atomic E-state index is 13.2. The third-order valence-electron chi connectivity index (χ3n) is 2.28. The van der Waals surface area contributed by atoms with Gasteiger partial charge in [0.2, 0.25) is 0 Å². The summed E-state index contributed by atoms with van der Waals surface area (Å²) < 4.78 is 40.3. The Morgan fingerprint density at radius 3 is 1.29 bits per heavy atom. The van der Waals surface area contributed by atoms with Gasteiger partial charge in [-0.25, -0.2) is 0 Å². The summed E-state index contributed by atoms with van der Waals surface area (Å²) in [5.41, 5.74) is 0. The average molecular weight is 298 g/mol. The van der Waals surface area contributed by atoms with Crippen LogP contribution in [0.15, 0.2) is 60.7 Å². The van der Waals surface area contributed by atoms with Crippen molar-refractivity contribution >= 4 is 23.4 Å². The summed E-state index contributed by atoms with van der Waals surface area (Å²) in [6.07, 6.45) is 0. The molecule has 0 atom stereocenters. The predicted octanol–water partition coefficient (Wildman–Crippen LogP) is 2.40. The normalized spacial score (nSPS) is 11.8. The quantitative estimate of drug-likeness (QED) is 0.747. The molecule has 0 fully saturated rings. The van der Waals surface area contributed by atoms with Crippen molar-refractivity contribution in [2.75, 3.05) is 0 Å². The van der Waals surface area contributed by atoms with Crippen molar-refractivity contribution in [3.05, 3.63) is 60.7 Å². The van der Waals surface area contributed by atoms with E-state index in [1.165, 1.54) is 0 Å². The average Bonchev–Trinajstić information content (AvgIpc) is 2.30. The van der Waals surface area contributed by atoms with E-state index in [-0.39, 0.29) is 0 Å². The number of halogens is 3. The summed E-state index contributed by atoms with van der Waals surface area (Å²) in [6.45, 7) is 0. The van der Waals surface area contributed by atoms with Crippen LogP contribution in [0.5, 0.6) is 0 Å². The Morgan fingerprint density at radius 1 is 0.647 bits per heavy atom. The molecule has 0 saturated carbocycles. The van der Waals surface area contributed by atoms with Crippen molar-refractivity contribution < 1.29 is 13.2 Å². The van der Waals surface area contributed by atoms with E-state index >= 15 is 0 Å². The molecule has 0 spiro atoms. The molecule has 0 unspecified atom stereocenters. The van der Waals surface area contributed by atoms with E-state index in [0.29, 0.717) is 8.70 Å². The van der Waals surface area contributed by atoms with Crippen molar-refractivity contribution in [1.82, 2.24) is 0 Å². The molecule has 0 radical (unpaired) electrons. The van der Waals surface area contributed by atoms with Gasteiger partial charge in [-0.3, -0.25) is 0 Å². The first-order valence-corrected chi connectivity index (χ1v) is 7.87. The van der Waals surface area contributed by atoms with Crippen LogP contribution in [0.1, 0.15) is 0 Å². The minimum atomic E-state index is -4.13. The summed E-state index contributed by atoms with van der Waals surface area (Å²) >= 11 is -3.22. The van der Waals surface area contributed by atoms with Crippen LogP contribution in [0.2, 0.25) is 0 Å². The third kappa shape index (κ3) is 2.92. The predicted molar refractivity (Wildman–Crippen MR) is 64.0 cm³/mol. The molecule has 2 rings (SSSR count). The summed E-state index contributed by atoms with van der Waals surface area (Å²) in [5, 5.41) is 0. The monoisotopic (exact) mass is 298 g/mol. The third-order valence-corrected chi connectivity index (χ3v) is 6.76. The molecule has 0 N–H and O–H groups in total. The van der Waals surface area contributed by atoms with Crippen LogP contribution in [0.4, 0.5) is 13.2 Å². The second kappa shape index (κ2) is 4.97. The molecule has 0 aromatic heterocycles. The fourth-order valence-electron chi connectivity index (χ4n) is 1.60. The van der Waals surface area contributed by atoms with Gasteiger partial charge in [-0.15, -0.1) is 0 Å². The Labute approximate surface area is 102 Å². The number of alkyl halides is 3. The van der Waals surface area contributed by atoms with Gasteiger partial charge in [-0.2, -0.15) is 0 Å². The molecular weight excluding hydrogens is 288 g/mol. The van der Waals surface area contributed by atoms with E-state index < -0.39 is 19.6 Å². The Balaban J connectivity index is 2.48. The van der Waals surface area contributed by atoms with Gasteiger partial charge in [-0.05, 0) is 0 Å². The molecule has 0 nitrogen and oxygen atoms in total. The molecule has 17 heavy (non-hydrogen) atoms. The molecule has 2 aromatic rings. The first-order chi connectivity index (χ1) is 8.09. The van der Waals surface area contributed by atoms with Crippen molar-refractivity contribution in [3.8, 4) is 0 Å². The first kappa shape index (κ1) is 12.3. The van der Waals surface area contributed by atoms with Gasteiger partial charge < -0.3 is 0 Å². The van der Waals surface area contributed by atoms with Crippen LogP contribution in [-0.2, 0) is 0 Å². The van der Waals surface area contributed by atoms with Gasteiger partial charge in [0.25, 0.3) is 0 Å². The van der Waals surface area contributed by atoms with E-state index in [0.717, 1.165) is 0 Å². The van der Waals surface area contributed by atoms with Crippen molar-refractivity contribution in [2.45, 2.75) is 4.96 Å². The van der Waals surface area contributed by atoms with Crippen LogP contribution in [0, 0.1) is 0 Å². The summed E-state index contributed by atoms with van der Waals surface area (Å²) in [5.74, 6) is 0. The summed E-state index contributed by atoms with van der Waals surface area (Å²) in [6, 6.07) is 16.4. The minimum absolute atomic E-state index is 0.415. The molecule has 4 heteroatoms. The van der Waals surface area contributed by atoms with Crippen molar-refractivity contribution in [3.63, 3.8) is 0 Å². The molecule has 0 heterocycles. The van der Waals surface area contributed by atoms with Crippen LogP contribution < -0.4 is 8.70 Å². The van der Waals surface area contributed by atoms with Crippen LogP contribution >= 0.6 is 0 Å². The second-order valence-corrected chi connectivity index (χ2v) is 8.11. The molecule has 0 aliphatic carbocycles. The fourth-order valence-corrected chi connectivity index (χ4v) is 5.42. The van der Waals surface area contributed by atoms with Crippen LogP contribution in [0.3, 0.4) is 0 Å². The molecule has 2 aromatic carbocycles. The Bertz CT molecular complexity index is 426. The number of benzene rings is 2. The van der Waals surface area contributed by atoms with Gasteiger partial charge >= 0.3 is 102 Å². The van der Waals surface area contributed by atoms with E-state index in [1.807, 2.05) is 0 Å². The molecule has 0 aliphatic heterocycles. The van der Waals surface area contributed by atoms with Crippen LogP contribution in [0.25, 0.3) is 0 Å². The summed E-state index contributed by atoms with van der Waals surface area (Å²) in [4.78, 5) is -4.13. The van der Waals surface area contributed by atoms with Crippen molar-refractivity contribution in [2.24, 2.45) is 0 Å². The van der Waals surface area contributed by atoms with Crippen molar-refractivity contribution in [1.29, 1.82) is 0 Å². The number of hydrogen-bond acceptors (Lipinski definition) is 0. The number of hydrogen-bond donors (Lipinski definition) is 0. The van der Waals surface area contributed by atoms with E-state index in [2.05, 4.69) is 0 Å². The zero-order valence-electron chi connectivity index (χ0n) is 8.85. The number of rotatable bonds is 2. The Hall–Kier alpha value is -1.21. The molecule has 0 saturated heterocycles. The van der Waals surface area contributed by atoms with Gasteiger partial charge in [0, 0.05) is 0 Å². The molecule has 88 valence electrons. The first-order valence-electron chi connectivity index (χ1n) is 5.06. The van der Waals surface area contributed by atoms with Crippen LogP contribution in [-0.4, -0.2) is 19.6 Å². The molecule has 0 aliphatic rings. The van der Waals surface area contributed by atoms with E-state index in [9.17, 15) is 13.2 Å². The van der Waals surface area contributed by atoms with Gasteiger partial charge in [0.05, 0.1) is 0 Å². The molecular formula is C13H10AsF3. The standard InChI is InChI=1S/C13H10AsF3/c15-13(16,17)14(11-7-3-1-4-8-11)12-9-5-2-6-10-12/h1-10H. The Kier molecular flexibility index (Phi) is 3.58. The zero-order valence-corrected chi connectivity index (χ0v) is 10.7. The Morgan fingerprint density at radius 2 is 1.00 bits per heavy atom. The van der Waals surface area contributed by atoms with Gasteiger partial charge in [0.15, 0.2) is 0 Å². The SMILES string of the molecule is FC(F)(F)[As](c1ccccc1)c1ccccc1. The fraction of sp³-hybridized carbons (Fsp3) is 0.0769. The van der Waals surface area contributed by atoms with Gasteiger partial charge in [0.1, 0.15) is 0 Å². The zero-order chi connectivity index (χ0) is 12.3. The van der Waals surface area contributed by atoms with Gasteiger partial charge in [-0.1, -0.05) is 0 Å². The topological polar surface area (TPSA) is 0 Å². The summed E-state index contributed by atoms with van der Waals surface area (Å²) in [7, 11) is 0. The maximum atomic E-state index is 13.2. The second-order valence-electron chi connectivity index (χ2n) is 3.47. The van der Waals surface area contributed by atoms with E-state index in [4.69, 9.17) is 0 Å². The van der Waals surface area contributed by atoms with E-state index in [1.54, 1.807) is 60.7 Å². The molecule has 0 bridgehead atoms. The molecule has 0 amide bonds.